The number of benzene rings is 1. The summed E-state index contributed by atoms with van der Waals surface area (Å²) in [6.07, 6.45) is 0. The fourth-order valence-corrected chi connectivity index (χ4v) is 4.44. The minimum absolute atomic E-state index is 0.170. The summed E-state index contributed by atoms with van der Waals surface area (Å²) in [5, 5.41) is 9.48. The number of aryl methyl sites for hydroxylation is 3. The van der Waals surface area contributed by atoms with E-state index < -0.39 is 0 Å². The number of hydrogen-bond acceptors (Lipinski definition) is 6. The van der Waals surface area contributed by atoms with Gasteiger partial charge in [0, 0.05) is 18.2 Å². The third kappa shape index (κ3) is 2.51. The highest BCUT2D eigenvalue weighted by Gasteiger charge is 2.19. The number of pyridine rings is 1. The van der Waals surface area contributed by atoms with Crippen LogP contribution in [0.4, 0.5) is 0 Å². The summed E-state index contributed by atoms with van der Waals surface area (Å²) in [7, 11) is 1.65. The molecule has 0 fully saturated rings. The first-order valence-electron chi connectivity index (χ1n) is 8.25. The molecule has 0 aliphatic rings. The quantitative estimate of drug-likeness (QED) is 0.555. The molecule has 3 aromatic heterocycles. The van der Waals surface area contributed by atoms with Crippen molar-refractivity contribution in [1.29, 1.82) is 0 Å². The van der Waals surface area contributed by atoms with Gasteiger partial charge in [0.15, 0.2) is 0 Å². The van der Waals surface area contributed by atoms with Crippen LogP contribution in [0.25, 0.3) is 26.1 Å². The zero-order valence-electron chi connectivity index (χ0n) is 15.0. The molecule has 4 aromatic rings. The third-order valence-electron chi connectivity index (χ3n) is 4.42. The van der Waals surface area contributed by atoms with Gasteiger partial charge in [0.1, 0.15) is 15.0 Å². The molecular weight excluding hydrogens is 348 g/mol. The van der Waals surface area contributed by atoms with Gasteiger partial charge in [0.25, 0.3) is 5.56 Å². The van der Waals surface area contributed by atoms with Gasteiger partial charge in [0.2, 0.25) is 0 Å². The number of ether oxygens (including phenoxy) is 1. The fourth-order valence-electron chi connectivity index (χ4n) is 3.32. The lowest BCUT2D eigenvalue weighted by atomic mass is 10.1. The Morgan fingerprint density at radius 3 is 2.62 bits per heavy atom. The van der Waals surface area contributed by atoms with Crippen LogP contribution in [0.1, 0.15) is 22.4 Å². The van der Waals surface area contributed by atoms with Crippen molar-refractivity contribution in [3.05, 3.63) is 57.0 Å². The highest BCUT2D eigenvalue weighted by molar-refractivity contribution is 7.25. The van der Waals surface area contributed by atoms with Crippen LogP contribution in [0.3, 0.4) is 0 Å². The van der Waals surface area contributed by atoms with Gasteiger partial charge in [-0.3, -0.25) is 4.79 Å². The molecule has 26 heavy (non-hydrogen) atoms. The largest absolute Gasteiger partial charge is 0.380 e. The number of rotatable bonds is 3. The topological polar surface area (TPSA) is 69.9 Å². The number of thiophene rings is 1. The molecule has 0 saturated carbocycles. The smallest absolute Gasteiger partial charge is 0.292 e. The summed E-state index contributed by atoms with van der Waals surface area (Å²) < 4.78 is 7.27. The van der Waals surface area contributed by atoms with Gasteiger partial charge >= 0.3 is 0 Å². The van der Waals surface area contributed by atoms with E-state index in [1.165, 1.54) is 16.0 Å². The zero-order chi connectivity index (χ0) is 18.4. The van der Waals surface area contributed by atoms with Crippen LogP contribution in [0.15, 0.2) is 29.1 Å². The summed E-state index contributed by atoms with van der Waals surface area (Å²) in [6.45, 7) is 6.30. The van der Waals surface area contributed by atoms with E-state index in [1.54, 1.807) is 7.11 Å². The van der Waals surface area contributed by atoms with E-state index in [0.717, 1.165) is 38.3 Å². The number of hydrogen-bond donors (Lipinski definition) is 0. The average molecular weight is 366 g/mol. The van der Waals surface area contributed by atoms with Crippen LogP contribution in [0.5, 0.6) is 0 Å². The van der Waals surface area contributed by atoms with Crippen LogP contribution >= 0.6 is 11.3 Å². The van der Waals surface area contributed by atoms with Crippen LogP contribution in [0, 0.1) is 20.8 Å². The van der Waals surface area contributed by atoms with Gasteiger partial charge in [-0.15, -0.1) is 16.4 Å². The molecule has 0 amide bonds. The van der Waals surface area contributed by atoms with Crippen molar-refractivity contribution >= 4 is 31.8 Å². The van der Waals surface area contributed by atoms with Crippen molar-refractivity contribution in [1.82, 2.24) is 20.0 Å². The summed E-state index contributed by atoms with van der Waals surface area (Å²) >= 11 is 1.36. The van der Waals surface area contributed by atoms with Gasteiger partial charge < -0.3 is 4.74 Å². The molecule has 0 bridgehead atoms. The minimum atomic E-state index is -0.170. The lowest BCUT2D eigenvalue weighted by molar-refractivity contribution is 0.186. The summed E-state index contributed by atoms with van der Waals surface area (Å²) in [5.74, 6) is 0. The molecule has 1 aromatic carbocycles. The monoisotopic (exact) mass is 366 g/mol. The van der Waals surface area contributed by atoms with E-state index in [-0.39, 0.29) is 5.56 Å². The van der Waals surface area contributed by atoms with Crippen molar-refractivity contribution in [3.63, 3.8) is 0 Å². The van der Waals surface area contributed by atoms with E-state index in [1.807, 2.05) is 45.0 Å². The molecular formula is C19H18N4O2S. The Morgan fingerprint density at radius 2 is 1.92 bits per heavy atom. The van der Waals surface area contributed by atoms with Crippen LogP contribution in [-0.2, 0) is 11.3 Å². The Hall–Kier alpha value is -2.64. The Kier molecular flexibility index (Phi) is 4.05. The molecule has 0 aliphatic carbocycles. The molecule has 0 saturated heterocycles. The zero-order valence-corrected chi connectivity index (χ0v) is 15.8. The molecule has 4 rings (SSSR count). The molecule has 7 heteroatoms. The second-order valence-electron chi connectivity index (χ2n) is 6.36. The van der Waals surface area contributed by atoms with Gasteiger partial charge in [0.05, 0.1) is 12.3 Å². The van der Waals surface area contributed by atoms with E-state index in [4.69, 9.17) is 4.74 Å². The molecule has 0 N–H and O–H groups in total. The van der Waals surface area contributed by atoms with Gasteiger partial charge in [-0.05, 0) is 43.5 Å². The fraction of sp³-hybridized carbons (Fsp3) is 0.263. The standard InChI is InChI=1S/C19H18N4O2S/c1-10-6-5-7-11(2)16(10)23-19(24)17-15(21-22-23)14-13(9-25-4)8-12(3)20-18(14)26-17/h5-8H,9H2,1-4H3. The van der Waals surface area contributed by atoms with Gasteiger partial charge in [-0.2, -0.15) is 4.68 Å². The Morgan fingerprint density at radius 1 is 1.19 bits per heavy atom. The first-order valence-corrected chi connectivity index (χ1v) is 9.07. The van der Waals surface area contributed by atoms with E-state index >= 15 is 0 Å². The number of fused-ring (bicyclic) bond motifs is 3. The second kappa shape index (κ2) is 6.26. The molecule has 0 spiro atoms. The predicted molar refractivity (Wildman–Crippen MR) is 103 cm³/mol. The summed E-state index contributed by atoms with van der Waals surface area (Å²) in [5.41, 5.74) is 5.03. The highest BCUT2D eigenvalue weighted by Crippen LogP contribution is 2.32. The Balaban J connectivity index is 2.08. The lowest BCUT2D eigenvalue weighted by Gasteiger charge is -2.10. The molecule has 132 valence electrons. The van der Waals surface area contributed by atoms with Crippen LogP contribution in [0.2, 0.25) is 0 Å². The van der Waals surface area contributed by atoms with Crippen molar-refractivity contribution < 1.29 is 4.74 Å². The van der Waals surface area contributed by atoms with E-state index in [0.29, 0.717) is 16.8 Å². The SMILES string of the molecule is COCc1cc(C)nc2sc3c(=O)n(-c4c(C)cccc4C)nnc3c12. The molecule has 6 nitrogen and oxygen atoms in total. The average Bonchev–Trinajstić information content (AvgIpc) is 2.96. The number of para-hydroxylation sites is 1. The minimum Gasteiger partial charge on any atom is -0.380 e. The highest BCUT2D eigenvalue weighted by atomic mass is 32.1. The van der Waals surface area contributed by atoms with Crippen molar-refractivity contribution in [3.8, 4) is 5.69 Å². The molecule has 0 atom stereocenters. The Labute approximate surface area is 154 Å². The van der Waals surface area contributed by atoms with Crippen molar-refractivity contribution in [2.75, 3.05) is 7.11 Å². The maximum absolute atomic E-state index is 13.2. The van der Waals surface area contributed by atoms with Crippen molar-refractivity contribution in [2.24, 2.45) is 0 Å². The number of methoxy groups -OCH3 is 1. The normalized spacial score (nSPS) is 11.5. The molecule has 3 heterocycles. The molecule has 0 aliphatic heterocycles. The van der Waals surface area contributed by atoms with E-state index in [2.05, 4.69) is 15.3 Å². The molecule has 0 radical (unpaired) electrons. The first kappa shape index (κ1) is 16.8. The third-order valence-corrected chi connectivity index (χ3v) is 5.48. The first-order chi connectivity index (χ1) is 12.5. The maximum Gasteiger partial charge on any atom is 0.292 e. The summed E-state index contributed by atoms with van der Waals surface area (Å²) in [6, 6.07) is 7.87. The van der Waals surface area contributed by atoms with Crippen LogP contribution in [-0.4, -0.2) is 27.1 Å². The number of nitrogens with zero attached hydrogens (tertiary/aromatic N) is 4. The van der Waals surface area contributed by atoms with Gasteiger partial charge in [-0.1, -0.05) is 23.4 Å². The van der Waals surface area contributed by atoms with Gasteiger partial charge in [-0.25, -0.2) is 4.98 Å². The Bertz CT molecular complexity index is 1190. The van der Waals surface area contributed by atoms with E-state index in [9.17, 15) is 4.79 Å². The summed E-state index contributed by atoms with van der Waals surface area (Å²) in [4.78, 5) is 18.5. The number of aromatic nitrogens is 4. The lowest BCUT2D eigenvalue weighted by Crippen LogP contribution is -2.23. The predicted octanol–water partition coefficient (Wildman–Crippen LogP) is 3.46. The molecule has 0 unspecified atom stereocenters. The van der Waals surface area contributed by atoms with Crippen LogP contribution < -0.4 is 5.56 Å². The maximum atomic E-state index is 13.2. The second-order valence-corrected chi connectivity index (χ2v) is 7.36. The van der Waals surface area contributed by atoms with Crippen molar-refractivity contribution in [2.45, 2.75) is 27.4 Å².